The Morgan fingerprint density at radius 2 is 1.72 bits per heavy atom. The lowest BCUT2D eigenvalue weighted by molar-refractivity contribution is -0.118. The Morgan fingerprint density at radius 1 is 1.17 bits per heavy atom. The normalized spacial score (nSPS) is 11.3. The predicted octanol–water partition coefficient (Wildman–Crippen LogP) is 0.379. The summed E-state index contributed by atoms with van der Waals surface area (Å²) in [6, 6.07) is 2.00. The van der Waals surface area contributed by atoms with Gasteiger partial charge in [-0.3, -0.25) is 4.79 Å². The van der Waals surface area contributed by atoms with Crippen LogP contribution in [-0.4, -0.2) is 27.4 Å². The van der Waals surface area contributed by atoms with Crippen molar-refractivity contribution >= 4 is 15.9 Å². The number of nitrogens with one attached hydrogen (secondary N) is 2. The van der Waals surface area contributed by atoms with Gasteiger partial charge in [0.25, 0.3) is 0 Å². The number of hydrogen-bond acceptors (Lipinski definition) is 3. The second-order valence-electron chi connectivity index (χ2n) is 3.49. The summed E-state index contributed by atoms with van der Waals surface area (Å²) in [6.07, 6.45) is 0. The third kappa shape index (κ3) is 4.38. The average Bonchev–Trinajstić information content (AvgIpc) is 2.23. The quantitative estimate of drug-likeness (QED) is 0.765. The lowest BCUT2D eigenvalue weighted by atomic mass is 10.3. The van der Waals surface area contributed by atoms with E-state index in [1.165, 1.54) is 6.92 Å². The van der Waals surface area contributed by atoms with Crippen molar-refractivity contribution in [1.82, 2.24) is 10.0 Å². The molecule has 0 saturated carbocycles. The summed E-state index contributed by atoms with van der Waals surface area (Å²) in [4.78, 5) is 10.0. The van der Waals surface area contributed by atoms with Crippen molar-refractivity contribution in [2.45, 2.75) is 11.8 Å². The molecule has 1 amide bonds. The van der Waals surface area contributed by atoms with Gasteiger partial charge in [-0.1, -0.05) is 0 Å². The molecule has 1 aromatic carbocycles. The van der Waals surface area contributed by atoms with E-state index in [1.807, 2.05) is 0 Å². The molecule has 18 heavy (non-hydrogen) atoms. The van der Waals surface area contributed by atoms with E-state index in [0.717, 1.165) is 0 Å². The van der Waals surface area contributed by atoms with Crippen molar-refractivity contribution < 1.29 is 22.0 Å². The first-order chi connectivity index (χ1) is 8.31. The minimum absolute atomic E-state index is 0.0694. The van der Waals surface area contributed by atoms with Crippen molar-refractivity contribution in [3.05, 3.63) is 29.8 Å². The van der Waals surface area contributed by atoms with Crippen LogP contribution in [0.4, 0.5) is 8.78 Å². The van der Waals surface area contributed by atoms with E-state index in [2.05, 4.69) is 10.0 Å². The fraction of sp³-hybridized carbons (Fsp3) is 0.300. The highest BCUT2D eigenvalue weighted by Crippen LogP contribution is 2.12. The zero-order valence-corrected chi connectivity index (χ0v) is 10.4. The number of carbonyl (C=O) groups is 1. The number of sulfonamides is 1. The van der Waals surface area contributed by atoms with Gasteiger partial charge in [-0.05, 0) is 12.1 Å². The summed E-state index contributed by atoms with van der Waals surface area (Å²) < 4.78 is 51.1. The molecule has 0 aliphatic heterocycles. The van der Waals surface area contributed by atoms with E-state index >= 15 is 0 Å². The fourth-order valence-electron chi connectivity index (χ4n) is 1.19. The van der Waals surface area contributed by atoms with Crippen molar-refractivity contribution in [2.24, 2.45) is 0 Å². The van der Waals surface area contributed by atoms with E-state index in [4.69, 9.17) is 0 Å². The SMILES string of the molecule is CC(=O)NCCNS(=O)(=O)c1cc(F)cc(F)c1. The summed E-state index contributed by atoms with van der Waals surface area (Å²) in [5, 5.41) is 2.38. The molecule has 0 aromatic heterocycles. The molecule has 0 unspecified atom stereocenters. The van der Waals surface area contributed by atoms with E-state index < -0.39 is 26.6 Å². The second kappa shape index (κ2) is 5.87. The molecule has 0 radical (unpaired) electrons. The van der Waals surface area contributed by atoms with Gasteiger partial charge < -0.3 is 5.32 Å². The van der Waals surface area contributed by atoms with E-state index in [1.54, 1.807) is 0 Å². The molecule has 0 spiro atoms. The number of rotatable bonds is 5. The summed E-state index contributed by atoms with van der Waals surface area (Å²) in [7, 11) is -3.98. The van der Waals surface area contributed by atoms with Gasteiger partial charge in [-0.15, -0.1) is 0 Å². The van der Waals surface area contributed by atoms with Gasteiger partial charge in [0.1, 0.15) is 11.6 Å². The highest BCUT2D eigenvalue weighted by atomic mass is 32.2. The average molecular weight is 278 g/mol. The Morgan fingerprint density at radius 3 is 2.22 bits per heavy atom. The van der Waals surface area contributed by atoms with Crippen LogP contribution in [0.25, 0.3) is 0 Å². The number of hydrogen-bond donors (Lipinski definition) is 2. The third-order valence-electron chi connectivity index (χ3n) is 1.94. The molecule has 0 saturated heterocycles. The zero-order valence-electron chi connectivity index (χ0n) is 9.54. The molecule has 0 atom stereocenters. The van der Waals surface area contributed by atoms with Crippen molar-refractivity contribution in [3.63, 3.8) is 0 Å². The predicted molar refractivity (Wildman–Crippen MR) is 60.2 cm³/mol. The molecular formula is C10H12F2N2O3S. The topological polar surface area (TPSA) is 75.3 Å². The van der Waals surface area contributed by atoms with Gasteiger partial charge >= 0.3 is 0 Å². The van der Waals surface area contributed by atoms with Crippen LogP contribution in [-0.2, 0) is 14.8 Å². The minimum Gasteiger partial charge on any atom is -0.355 e. The van der Waals surface area contributed by atoms with Gasteiger partial charge in [0.05, 0.1) is 4.90 Å². The smallest absolute Gasteiger partial charge is 0.240 e. The maximum Gasteiger partial charge on any atom is 0.240 e. The molecule has 5 nitrogen and oxygen atoms in total. The minimum atomic E-state index is -3.98. The van der Waals surface area contributed by atoms with Crippen molar-refractivity contribution in [1.29, 1.82) is 0 Å². The van der Waals surface area contributed by atoms with Gasteiger partial charge in [0.15, 0.2) is 0 Å². The lowest BCUT2D eigenvalue weighted by Crippen LogP contribution is -2.33. The van der Waals surface area contributed by atoms with Crippen LogP contribution in [0.2, 0.25) is 0 Å². The van der Waals surface area contributed by atoms with Gasteiger partial charge in [0.2, 0.25) is 15.9 Å². The molecule has 8 heteroatoms. The summed E-state index contributed by atoms with van der Waals surface area (Å²) in [5.74, 6) is -2.25. The summed E-state index contributed by atoms with van der Waals surface area (Å²) in [6.45, 7) is 1.31. The Balaban J connectivity index is 2.71. The molecule has 0 aliphatic carbocycles. The zero-order chi connectivity index (χ0) is 13.8. The van der Waals surface area contributed by atoms with Crippen LogP contribution in [0.3, 0.4) is 0 Å². The van der Waals surface area contributed by atoms with Crippen LogP contribution < -0.4 is 10.0 Å². The fourth-order valence-corrected chi connectivity index (χ4v) is 2.26. The number of benzene rings is 1. The molecular weight excluding hydrogens is 266 g/mol. The van der Waals surface area contributed by atoms with Crippen molar-refractivity contribution in [3.8, 4) is 0 Å². The van der Waals surface area contributed by atoms with Crippen LogP contribution in [0, 0.1) is 11.6 Å². The highest BCUT2D eigenvalue weighted by molar-refractivity contribution is 7.89. The summed E-state index contributed by atoms with van der Waals surface area (Å²) >= 11 is 0. The van der Waals surface area contributed by atoms with Crippen molar-refractivity contribution in [2.75, 3.05) is 13.1 Å². The Hall–Kier alpha value is -1.54. The number of halogens is 2. The molecule has 0 aliphatic rings. The summed E-state index contributed by atoms with van der Waals surface area (Å²) in [5.41, 5.74) is 0. The van der Waals surface area contributed by atoms with Crippen LogP contribution in [0.5, 0.6) is 0 Å². The van der Waals surface area contributed by atoms with Crippen LogP contribution in [0.15, 0.2) is 23.1 Å². The maximum atomic E-state index is 12.9. The molecule has 0 fully saturated rings. The molecule has 1 aromatic rings. The molecule has 100 valence electrons. The van der Waals surface area contributed by atoms with E-state index in [9.17, 15) is 22.0 Å². The standard InChI is InChI=1S/C10H12F2N2O3S/c1-7(15)13-2-3-14-18(16,17)10-5-8(11)4-9(12)6-10/h4-6,14H,2-3H2,1H3,(H,13,15). The molecule has 0 bridgehead atoms. The second-order valence-corrected chi connectivity index (χ2v) is 5.25. The first kappa shape index (κ1) is 14.5. The van der Waals surface area contributed by atoms with Gasteiger partial charge in [-0.25, -0.2) is 21.9 Å². The largest absolute Gasteiger partial charge is 0.355 e. The number of amides is 1. The maximum absolute atomic E-state index is 12.9. The Bertz CT molecular complexity index is 526. The molecule has 1 rings (SSSR count). The highest BCUT2D eigenvalue weighted by Gasteiger charge is 2.15. The molecule has 2 N–H and O–H groups in total. The first-order valence-corrected chi connectivity index (χ1v) is 6.50. The Labute approximate surface area is 103 Å². The monoisotopic (exact) mass is 278 g/mol. The molecule has 0 heterocycles. The number of carbonyl (C=O) groups excluding carboxylic acids is 1. The van der Waals surface area contributed by atoms with Crippen LogP contribution >= 0.6 is 0 Å². The van der Waals surface area contributed by atoms with Gasteiger partial charge in [0, 0.05) is 26.1 Å². The lowest BCUT2D eigenvalue weighted by Gasteiger charge is -2.07. The third-order valence-corrected chi connectivity index (χ3v) is 3.38. The van der Waals surface area contributed by atoms with Crippen LogP contribution in [0.1, 0.15) is 6.92 Å². The van der Waals surface area contributed by atoms with E-state index in [-0.39, 0.29) is 19.0 Å². The Kier molecular flexibility index (Phi) is 4.74. The van der Waals surface area contributed by atoms with E-state index in [0.29, 0.717) is 18.2 Å². The van der Waals surface area contributed by atoms with Gasteiger partial charge in [-0.2, -0.15) is 0 Å². The first-order valence-electron chi connectivity index (χ1n) is 5.01.